The average molecular weight is 240 g/mol. The molecule has 1 heterocycles. The van der Waals surface area contributed by atoms with Gasteiger partial charge >= 0.3 is 5.97 Å². The van der Waals surface area contributed by atoms with Gasteiger partial charge in [0.2, 0.25) is 0 Å². The molecule has 0 N–H and O–H groups in total. The molecule has 1 aromatic heterocycles. The van der Waals surface area contributed by atoms with E-state index in [1.165, 1.54) is 0 Å². The van der Waals surface area contributed by atoms with Gasteiger partial charge in [-0.3, -0.25) is 9.78 Å². The van der Waals surface area contributed by atoms with Gasteiger partial charge in [0.05, 0.1) is 24.3 Å². The second-order valence-electron chi connectivity index (χ2n) is 3.15. The SMILES string of the molecule is CCOC(=O)Cc1ncc(C#N)cc1C(F)F. The molecule has 0 bridgehead atoms. The summed E-state index contributed by atoms with van der Waals surface area (Å²) in [4.78, 5) is 14.9. The molecule has 6 heteroatoms. The first-order chi connectivity index (χ1) is 8.08. The average Bonchev–Trinajstić information content (AvgIpc) is 2.29. The molecule has 0 atom stereocenters. The summed E-state index contributed by atoms with van der Waals surface area (Å²) in [6, 6.07) is 2.75. The van der Waals surface area contributed by atoms with Crippen LogP contribution >= 0.6 is 0 Å². The zero-order valence-electron chi connectivity index (χ0n) is 9.11. The summed E-state index contributed by atoms with van der Waals surface area (Å²) in [6.45, 7) is 1.80. The van der Waals surface area contributed by atoms with Crippen molar-refractivity contribution in [2.75, 3.05) is 6.61 Å². The van der Waals surface area contributed by atoms with E-state index in [4.69, 9.17) is 5.26 Å². The molecule has 0 fully saturated rings. The third-order valence-corrected chi connectivity index (χ3v) is 1.99. The normalized spacial score (nSPS) is 10.1. The number of aromatic nitrogens is 1. The number of nitriles is 1. The van der Waals surface area contributed by atoms with Crippen LogP contribution in [0.3, 0.4) is 0 Å². The Kier molecular flexibility index (Phi) is 4.52. The van der Waals surface area contributed by atoms with Gasteiger partial charge in [-0.1, -0.05) is 0 Å². The van der Waals surface area contributed by atoms with Gasteiger partial charge < -0.3 is 4.74 Å². The summed E-state index contributed by atoms with van der Waals surface area (Å²) in [7, 11) is 0. The van der Waals surface area contributed by atoms with E-state index >= 15 is 0 Å². The van der Waals surface area contributed by atoms with Crippen molar-refractivity contribution in [3.8, 4) is 6.07 Å². The lowest BCUT2D eigenvalue weighted by Gasteiger charge is -2.07. The van der Waals surface area contributed by atoms with E-state index in [9.17, 15) is 13.6 Å². The monoisotopic (exact) mass is 240 g/mol. The lowest BCUT2D eigenvalue weighted by molar-refractivity contribution is -0.142. The number of carbonyl (C=O) groups is 1. The number of halogens is 2. The van der Waals surface area contributed by atoms with Crippen molar-refractivity contribution in [2.24, 2.45) is 0 Å². The second kappa shape index (κ2) is 5.89. The van der Waals surface area contributed by atoms with Crippen molar-refractivity contribution in [3.05, 3.63) is 29.1 Å². The molecule has 1 rings (SSSR count). The fraction of sp³-hybridized carbons (Fsp3) is 0.364. The highest BCUT2D eigenvalue weighted by Crippen LogP contribution is 2.23. The lowest BCUT2D eigenvalue weighted by atomic mass is 10.1. The maximum Gasteiger partial charge on any atom is 0.311 e. The molecule has 0 amide bonds. The van der Waals surface area contributed by atoms with E-state index in [2.05, 4.69) is 9.72 Å². The van der Waals surface area contributed by atoms with E-state index in [1.807, 2.05) is 0 Å². The molecule has 0 saturated carbocycles. The van der Waals surface area contributed by atoms with E-state index in [0.717, 1.165) is 12.3 Å². The van der Waals surface area contributed by atoms with Crippen molar-refractivity contribution in [3.63, 3.8) is 0 Å². The number of alkyl halides is 2. The molecule has 0 saturated heterocycles. The van der Waals surface area contributed by atoms with E-state index in [0.29, 0.717) is 0 Å². The highest BCUT2D eigenvalue weighted by molar-refractivity contribution is 5.72. The van der Waals surface area contributed by atoms with Gasteiger partial charge in [0, 0.05) is 11.8 Å². The Morgan fingerprint density at radius 2 is 2.35 bits per heavy atom. The molecule has 0 aromatic carbocycles. The summed E-state index contributed by atoms with van der Waals surface area (Å²) in [5.41, 5.74) is -0.428. The smallest absolute Gasteiger partial charge is 0.311 e. The predicted molar refractivity (Wildman–Crippen MR) is 54.2 cm³/mol. The minimum Gasteiger partial charge on any atom is -0.466 e. The fourth-order valence-corrected chi connectivity index (χ4v) is 1.26. The molecule has 0 radical (unpaired) electrons. The van der Waals surface area contributed by atoms with Gasteiger partial charge in [-0.05, 0) is 13.0 Å². The zero-order valence-corrected chi connectivity index (χ0v) is 9.11. The van der Waals surface area contributed by atoms with Crippen molar-refractivity contribution >= 4 is 5.97 Å². The third-order valence-electron chi connectivity index (χ3n) is 1.99. The minimum absolute atomic E-state index is 0.0351. The van der Waals surface area contributed by atoms with Crippen LogP contribution < -0.4 is 0 Å². The van der Waals surface area contributed by atoms with Gasteiger partial charge in [-0.15, -0.1) is 0 Å². The van der Waals surface area contributed by atoms with Gasteiger partial charge in [0.1, 0.15) is 6.07 Å². The Hall–Kier alpha value is -2.03. The Labute approximate surface area is 96.8 Å². The summed E-state index contributed by atoms with van der Waals surface area (Å²) in [5, 5.41) is 8.57. The number of ether oxygens (including phenoxy) is 1. The van der Waals surface area contributed by atoms with Crippen molar-refractivity contribution < 1.29 is 18.3 Å². The van der Waals surface area contributed by atoms with Crippen LogP contribution in [-0.4, -0.2) is 17.6 Å². The molecule has 0 aliphatic rings. The topological polar surface area (TPSA) is 63.0 Å². The van der Waals surface area contributed by atoms with E-state index < -0.39 is 18.0 Å². The van der Waals surface area contributed by atoms with Crippen LogP contribution in [0.2, 0.25) is 0 Å². The van der Waals surface area contributed by atoms with Crippen molar-refractivity contribution in [1.82, 2.24) is 4.98 Å². The summed E-state index contributed by atoms with van der Waals surface area (Å²) in [5.74, 6) is -0.619. The first kappa shape index (κ1) is 13.0. The maximum atomic E-state index is 12.7. The van der Waals surface area contributed by atoms with Crippen LogP contribution in [0.1, 0.15) is 30.2 Å². The van der Waals surface area contributed by atoms with Crippen LogP contribution in [0.5, 0.6) is 0 Å². The summed E-state index contributed by atoms with van der Waals surface area (Å²) in [6.07, 6.45) is -1.94. The largest absolute Gasteiger partial charge is 0.466 e. The van der Waals surface area contributed by atoms with Gasteiger partial charge in [0.25, 0.3) is 6.43 Å². The third kappa shape index (κ3) is 3.48. The van der Waals surface area contributed by atoms with Crippen LogP contribution in [0, 0.1) is 11.3 Å². The summed E-state index contributed by atoms with van der Waals surface area (Å²) < 4.78 is 30.0. The molecule has 0 aliphatic heterocycles. The number of rotatable bonds is 4. The molecule has 90 valence electrons. The molecular weight excluding hydrogens is 230 g/mol. The molecule has 0 unspecified atom stereocenters. The van der Waals surface area contributed by atoms with Crippen LogP contribution in [0.4, 0.5) is 8.78 Å². The van der Waals surface area contributed by atoms with Crippen molar-refractivity contribution in [1.29, 1.82) is 5.26 Å². The molecule has 0 spiro atoms. The van der Waals surface area contributed by atoms with Crippen LogP contribution in [0.25, 0.3) is 0 Å². The van der Waals surface area contributed by atoms with Crippen molar-refractivity contribution in [2.45, 2.75) is 19.8 Å². The highest BCUT2D eigenvalue weighted by atomic mass is 19.3. The summed E-state index contributed by atoms with van der Waals surface area (Å²) >= 11 is 0. The predicted octanol–water partition coefficient (Wildman–Crippen LogP) is 2.00. The number of nitrogens with zero attached hydrogens (tertiary/aromatic N) is 2. The quantitative estimate of drug-likeness (QED) is 0.755. The standard InChI is InChI=1S/C11H10F2N2O2/c1-2-17-10(16)4-9-8(11(12)13)3-7(5-14)6-15-9/h3,6,11H,2,4H2,1H3. The number of hydrogen-bond acceptors (Lipinski definition) is 4. The zero-order chi connectivity index (χ0) is 12.8. The number of carbonyl (C=O) groups excluding carboxylic acids is 1. The van der Waals surface area contributed by atoms with Gasteiger partial charge in [-0.2, -0.15) is 5.26 Å². The maximum absolute atomic E-state index is 12.7. The van der Waals surface area contributed by atoms with E-state index in [1.54, 1.807) is 13.0 Å². The molecular formula is C11H10F2N2O2. The van der Waals surface area contributed by atoms with Gasteiger partial charge in [0.15, 0.2) is 0 Å². The molecule has 1 aromatic rings. The van der Waals surface area contributed by atoms with Crippen LogP contribution in [0.15, 0.2) is 12.3 Å². The molecule has 0 aliphatic carbocycles. The minimum atomic E-state index is -2.78. The first-order valence-electron chi connectivity index (χ1n) is 4.91. The lowest BCUT2D eigenvalue weighted by Crippen LogP contribution is -2.11. The molecule has 4 nitrogen and oxygen atoms in total. The number of esters is 1. The number of pyridine rings is 1. The Morgan fingerprint density at radius 3 is 2.88 bits per heavy atom. The van der Waals surface area contributed by atoms with Crippen LogP contribution in [-0.2, 0) is 16.0 Å². The molecule has 17 heavy (non-hydrogen) atoms. The first-order valence-corrected chi connectivity index (χ1v) is 4.91. The second-order valence-corrected chi connectivity index (χ2v) is 3.15. The van der Waals surface area contributed by atoms with E-state index in [-0.39, 0.29) is 24.3 Å². The highest BCUT2D eigenvalue weighted by Gasteiger charge is 2.18. The number of hydrogen-bond donors (Lipinski definition) is 0. The Morgan fingerprint density at radius 1 is 1.65 bits per heavy atom. The van der Waals surface area contributed by atoms with Gasteiger partial charge in [-0.25, -0.2) is 8.78 Å². The Bertz CT molecular complexity index is 455. The Balaban J connectivity index is 2.99. The fourth-order valence-electron chi connectivity index (χ4n) is 1.26.